The number of rotatable bonds is 3. The Bertz CT molecular complexity index is 381. The number of aromatic nitrogens is 2. The highest BCUT2D eigenvalue weighted by molar-refractivity contribution is 6.32. The van der Waals surface area contributed by atoms with E-state index in [9.17, 15) is 0 Å². The summed E-state index contributed by atoms with van der Waals surface area (Å²) >= 11 is 11.7. The fraction of sp³-hybridized carbons (Fsp3) is 0.636. The smallest absolute Gasteiger partial charge is 0.223 e. The van der Waals surface area contributed by atoms with Crippen LogP contribution in [0.3, 0.4) is 0 Å². The number of hydrogen-bond donors (Lipinski definition) is 1. The van der Waals surface area contributed by atoms with Gasteiger partial charge in [0.1, 0.15) is 5.15 Å². The SMILES string of the molecule is CNC1CCN(Cc2cnc(Cl)nc2Cl)CC1.Cl. The van der Waals surface area contributed by atoms with Crippen LogP contribution in [0, 0.1) is 0 Å². The first-order valence-electron chi connectivity index (χ1n) is 5.75. The molecular formula is C11H17Cl3N4. The van der Waals surface area contributed by atoms with Crippen molar-refractivity contribution in [2.24, 2.45) is 0 Å². The van der Waals surface area contributed by atoms with Crippen molar-refractivity contribution in [1.82, 2.24) is 20.2 Å². The molecule has 4 nitrogen and oxygen atoms in total. The minimum absolute atomic E-state index is 0. The molecule has 0 amide bonds. The van der Waals surface area contributed by atoms with E-state index >= 15 is 0 Å². The summed E-state index contributed by atoms with van der Waals surface area (Å²) in [6.07, 6.45) is 4.05. The van der Waals surface area contributed by atoms with Crippen LogP contribution < -0.4 is 5.32 Å². The molecule has 0 aromatic carbocycles. The number of hydrogen-bond acceptors (Lipinski definition) is 4. The molecule has 0 bridgehead atoms. The van der Waals surface area contributed by atoms with E-state index in [1.807, 2.05) is 7.05 Å². The van der Waals surface area contributed by atoms with Crippen molar-refractivity contribution in [2.45, 2.75) is 25.4 Å². The Morgan fingerprint density at radius 1 is 1.39 bits per heavy atom. The van der Waals surface area contributed by atoms with Crippen LogP contribution in [0.25, 0.3) is 0 Å². The van der Waals surface area contributed by atoms with E-state index in [-0.39, 0.29) is 17.7 Å². The summed E-state index contributed by atoms with van der Waals surface area (Å²) in [7, 11) is 2.02. The lowest BCUT2D eigenvalue weighted by Gasteiger charge is -2.31. The van der Waals surface area contributed by atoms with Crippen molar-refractivity contribution >= 4 is 35.6 Å². The van der Waals surface area contributed by atoms with Gasteiger partial charge in [0.25, 0.3) is 0 Å². The van der Waals surface area contributed by atoms with Gasteiger partial charge < -0.3 is 5.32 Å². The van der Waals surface area contributed by atoms with E-state index in [1.54, 1.807) is 6.20 Å². The van der Waals surface area contributed by atoms with Crippen molar-refractivity contribution in [3.05, 3.63) is 22.2 Å². The van der Waals surface area contributed by atoms with Crippen LogP contribution >= 0.6 is 35.6 Å². The van der Waals surface area contributed by atoms with Crippen molar-refractivity contribution in [1.29, 1.82) is 0 Å². The molecule has 18 heavy (non-hydrogen) atoms. The zero-order valence-electron chi connectivity index (χ0n) is 10.2. The Labute approximate surface area is 123 Å². The molecule has 1 saturated heterocycles. The number of piperidine rings is 1. The molecule has 1 aromatic rings. The van der Waals surface area contributed by atoms with Crippen molar-refractivity contribution in [3.63, 3.8) is 0 Å². The van der Waals surface area contributed by atoms with Crippen LogP contribution in [0.1, 0.15) is 18.4 Å². The highest BCUT2D eigenvalue weighted by Gasteiger charge is 2.18. The average molecular weight is 312 g/mol. The average Bonchev–Trinajstić information content (AvgIpc) is 2.34. The minimum atomic E-state index is 0. The quantitative estimate of drug-likeness (QED) is 0.687. The number of nitrogens with one attached hydrogen (secondary N) is 1. The fourth-order valence-corrected chi connectivity index (χ4v) is 2.46. The largest absolute Gasteiger partial charge is 0.317 e. The normalized spacial score (nSPS) is 17.5. The summed E-state index contributed by atoms with van der Waals surface area (Å²) < 4.78 is 0. The molecule has 0 unspecified atom stereocenters. The van der Waals surface area contributed by atoms with Crippen LogP contribution in [-0.4, -0.2) is 41.0 Å². The molecule has 0 radical (unpaired) electrons. The van der Waals surface area contributed by atoms with Gasteiger partial charge in [-0.3, -0.25) is 4.90 Å². The zero-order valence-corrected chi connectivity index (χ0v) is 12.5. The maximum Gasteiger partial charge on any atom is 0.223 e. The monoisotopic (exact) mass is 310 g/mol. The molecule has 1 N–H and O–H groups in total. The fourth-order valence-electron chi connectivity index (χ4n) is 2.09. The lowest BCUT2D eigenvalue weighted by molar-refractivity contribution is 0.194. The van der Waals surface area contributed by atoms with Gasteiger partial charge in [-0.1, -0.05) is 11.6 Å². The van der Waals surface area contributed by atoms with Gasteiger partial charge in [0, 0.05) is 24.3 Å². The highest BCUT2D eigenvalue weighted by atomic mass is 35.5. The number of likely N-dealkylation sites (tertiary alicyclic amines) is 1. The maximum atomic E-state index is 6.03. The molecule has 0 spiro atoms. The van der Waals surface area contributed by atoms with E-state index in [1.165, 1.54) is 12.8 Å². The van der Waals surface area contributed by atoms with Gasteiger partial charge in [0.15, 0.2) is 0 Å². The van der Waals surface area contributed by atoms with Crippen molar-refractivity contribution in [2.75, 3.05) is 20.1 Å². The van der Waals surface area contributed by atoms with E-state index in [4.69, 9.17) is 23.2 Å². The third-order valence-electron chi connectivity index (χ3n) is 3.17. The Kier molecular flexibility index (Phi) is 6.60. The van der Waals surface area contributed by atoms with Crippen LogP contribution in [0.2, 0.25) is 10.4 Å². The van der Waals surface area contributed by atoms with E-state index in [2.05, 4.69) is 20.2 Å². The first-order valence-corrected chi connectivity index (χ1v) is 6.51. The molecule has 0 saturated carbocycles. The second-order valence-corrected chi connectivity index (χ2v) is 4.99. The summed E-state index contributed by atoms with van der Waals surface area (Å²) in [5, 5.41) is 3.97. The molecule has 1 aromatic heterocycles. The molecule has 2 heterocycles. The molecule has 102 valence electrons. The van der Waals surface area contributed by atoms with Crippen LogP contribution in [0.5, 0.6) is 0 Å². The van der Waals surface area contributed by atoms with Crippen LogP contribution in [0.15, 0.2) is 6.20 Å². The molecule has 7 heteroatoms. The molecule has 2 rings (SSSR count). The third-order valence-corrected chi connectivity index (χ3v) is 3.68. The summed E-state index contributed by atoms with van der Waals surface area (Å²) in [4.78, 5) is 10.3. The second kappa shape index (κ2) is 7.46. The third kappa shape index (κ3) is 4.21. The first-order chi connectivity index (χ1) is 8.19. The van der Waals surface area contributed by atoms with Crippen molar-refractivity contribution in [3.8, 4) is 0 Å². The van der Waals surface area contributed by atoms with Gasteiger partial charge >= 0.3 is 0 Å². The number of nitrogens with zero attached hydrogens (tertiary/aromatic N) is 3. The van der Waals surface area contributed by atoms with Gasteiger partial charge in [-0.15, -0.1) is 12.4 Å². The molecule has 0 atom stereocenters. The predicted octanol–water partition coefficient (Wildman–Crippen LogP) is 2.39. The Morgan fingerprint density at radius 3 is 2.61 bits per heavy atom. The number of halogens is 3. The van der Waals surface area contributed by atoms with Gasteiger partial charge in [0.05, 0.1) is 0 Å². The van der Waals surface area contributed by atoms with Gasteiger partial charge in [-0.2, -0.15) is 0 Å². The predicted molar refractivity (Wildman–Crippen MR) is 76.7 cm³/mol. The topological polar surface area (TPSA) is 41.0 Å². The molecule has 1 fully saturated rings. The van der Waals surface area contributed by atoms with E-state index in [0.29, 0.717) is 11.2 Å². The minimum Gasteiger partial charge on any atom is -0.317 e. The second-order valence-electron chi connectivity index (χ2n) is 4.29. The van der Waals surface area contributed by atoms with Crippen LogP contribution in [0.4, 0.5) is 0 Å². The first kappa shape index (κ1) is 15.9. The lowest BCUT2D eigenvalue weighted by atomic mass is 10.1. The van der Waals surface area contributed by atoms with Crippen LogP contribution in [-0.2, 0) is 6.54 Å². The summed E-state index contributed by atoms with van der Waals surface area (Å²) in [6, 6.07) is 0.642. The standard InChI is InChI=1S/C11H16Cl2N4.ClH/c1-14-9-2-4-17(5-3-9)7-8-6-15-11(13)16-10(8)12;/h6,9,14H,2-5,7H2,1H3;1H. The summed E-state index contributed by atoms with van der Waals surface area (Å²) in [5.74, 6) is 0. The molecular weight excluding hydrogens is 295 g/mol. The molecule has 1 aliphatic heterocycles. The lowest BCUT2D eigenvalue weighted by Crippen LogP contribution is -2.40. The maximum absolute atomic E-state index is 6.03. The Morgan fingerprint density at radius 2 is 2.06 bits per heavy atom. The molecule has 0 aliphatic carbocycles. The van der Waals surface area contributed by atoms with E-state index < -0.39 is 0 Å². The Balaban J connectivity index is 0.00000162. The zero-order chi connectivity index (χ0) is 12.3. The van der Waals surface area contributed by atoms with Gasteiger partial charge in [-0.05, 0) is 44.6 Å². The Hall–Kier alpha value is -0.130. The summed E-state index contributed by atoms with van der Waals surface area (Å²) in [6.45, 7) is 2.95. The van der Waals surface area contributed by atoms with E-state index in [0.717, 1.165) is 25.2 Å². The van der Waals surface area contributed by atoms with Gasteiger partial charge in [-0.25, -0.2) is 9.97 Å². The van der Waals surface area contributed by atoms with Gasteiger partial charge in [0.2, 0.25) is 5.28 Å². The molecule has 1 aliphatic rings. The summed E-state index contributed by atoms with van der Waals surface area (Å²) in [5.41, 5.74) is 0.943. The highest BCUT2D eigenvalue weighted by Crippen LogP contribution is 2.18. The van der Waals surface area contributed by atoms with Crippen molar-refractivity contribution < 1.29 is 0 Å².